The van der Waals surface area contributed by atoms with Crippen LogP contribution in [0.5, 0.6) is 0 Å². The van der Waals surface area contributed by atoms with E-state index in [9.17, 15) is 18.0 Å². The second kappa shape index (κ2) is 14.0. The van der Waals surface area contributed by atoms with Crippen molar-refractivity contribution in [2.45, 2.75) is 75.9 Å². The van der Waals surface area contributed by atoms with E-state index in [-0.39, 0.29) is 23.4 Å². The summed E-state index contributed by atoms with van der Waals surface area (Å²) in [4.78, 5) is 29.4. The number of carbonyl (C=O) groups is 2. The van der Waals surface area contributed by atoms with Gasteiger partial charge in [0.1, 0.15) is 12.6 Å². The zero-order valence-corrected chi connectivity index (χ0v) is 25.2. The first-order chi connectivity index (χ1) is 19.7. The maximum Gasteiger partial charge on any atom is 0.264 e. The van der Waals surface area contributed by atoms with Gasteiger partial charge in [-0.1, -0.05) is 92.4 Å². The monoisotopic (exact) mass is 595 g/mol. The third-order valence-electron chi connectivity index (χ3n) is 7.63. The molecule has 1 saturated carbocycles. The van der Waals surface area contributed by atoms with Crippen molar-refractivity contribution in [3.05, 3.63) is 95.0 Å². The van der Waals surface area contributed by atoms with E-state index in [2.05, 4.69) is 5.32 Å². The van der Waals surface area contributed by atoms with Crippen molar-refractivity contribution in [2.24, 2.45) is 0 Å². The predicted octanol–water partition coefficient (Wildman–Crippen LogP) is 6.10. The molecule has 0 saturated heterocycles. The largest absolute Gasteiger partial charge is 0.352 e. The Morgan fingerprint density at radius 1 is 0.927 bits per heavy atom. The van der Waals surface area contributed by atoms with Crippen molar-refractivity contribution in [3.63, 3.8) is 0 Å². The first-order valence-corrected chi connectivity index (χ1v) is 16.0. The summed E-state index contributed by atoms with van der Waals surface area (Å²) in [7, 11) is -4.10. The lowest BCUT2D eigenvalue weighted by Crippen LogP contribution is -2.54. The van der Waals surface area contributed by atoms with Crippen molar-refractivity contribution in [1.82, 2.24) is 10.2 Å². The number of hydrogen-bond acceptors (Lipinski definition) is 4. The van der Waals surface area contributed by atoms with Gasteiger partial charge in [-0.2, -0.15) is 0 Å². The Bertz CT molecular complexity index is 1440. The molecule has 41 heavy (non-hydrogen) atoms. The average molecular weight is 596 g/mol. The summed E-state index contributed by atoms with van der Waals surface area (Å²) in [5.41, 5.74) is 1.79. The van der Waals surface area contributed by atoms with E-state index in [1.54, 1.807) is 55.5 Å². The smallest absolute Gasteiger partial charge is 0.264 e. The third-order valence-corrected chi connectivity index (χ3v) is 9.77. The van der Waals surface area contributed by atoms with Crippen LogP contribution in [-0.2, 0) is 26.2 Å². The minimum atomic E-state index is -4.10. The van der Waals surface area contributed by atoms with Gasteiger partial charge in [0.25, 0.3) is 10.0 Å². The van der Waals surface area contributed by atoms with E-state index in [0.29, 0.717) is 28.3 Å². The number of para-hydroxylation sites is 1. The molecule has 0 heterocycles. The molecule has 1 aliphatic carbocycles. The van der Waals surface area contributed by atoms with Crippen LogP contribution < -0.4 is 9.62 Å². The Morgan fingerprint density at radius 2 is 1.56 bits per heavy atom. The van der Waals surface area contributed by atoms with Crippen LogP contribution in [0.15, 0.2) is 83.8 Å². The van der Waals surface area contributed by atoms with Gasteiger partial charge in [0, 0.05) is 17.6 Å². The zero-order chi connectivity index (χ0) is 29.4. The summed E-state index contributed by atoms with van der Waals surface area (Å²) in [6.45, 7) is 3.26. The molecule has 4 rings (SSSR count). The van der Waals surface area contributed by atoms with E-state index in [0.717, 1.165) is 36.4 Å². The second-order valence-electron chi connectivity index (χ2n) is 10.5. The standard InChI is InChI=1S/C32H38ClN3O4S/c1-3-29(32(38)34-26-16-6-4-7-17-26)35(22-25-15-11-12-20-28(25)33)31(37)23-36(30-21-13-10-14-24(30)2)41(39,40)27-18-8-5-9-19-27/h5,8-15,18-21,26,29H,3-4,6-7,16-17,22-23H2,1-2H3,(H,34,38)/t29-/m1/s1. The average Bonchev–Trinajstić information content (AvgIpc) is 2.98. The van der Waals surface area contributed by atoms with E-state index >= 15 is 0 Å². The number of carbonyl (C=O) groups excluding carboxylic acids is 2. The Morgan fingerprint density at radius 3 is 2.22 bits per heavy atom. The number of hydrogen-bond donors (Lipinski definition) is 1. The molecule has 3 aromatic carbocycles. The molecule has 1 N–H and O–H groups in total. The summed E-state index contributed by atoms with van der Waals surface area (Å²) in [6.07, 6.45) is 5.48. The normalized spacial score (nSPS) is 14.7. The minimum absolute atomic E-state index is 0.0715. The van der Waals surface area contributed by atoms with Gasteiger partial charge in [-0.15, -0.1) is 0 Å². The van der Waals surface area contributed by atoms with Crippen molar-refractivity contribution in [3.8, 4) is 0 Å². The molecule has 1 aliphatic rings. The molecular formula is C32H38ClN3O4S. The van der Waals surface area contributed by atoms with Gasteiger partial charge in [0.05, 0.1) is 10.6 Å². The summed E-state index contributed by atoms with van der Waals surface area (Å²) < 4.78 is 29.0. The second-order valence-corrected chi connectivity index (χ2v) is 12.8. The SMILES string of the molecule is CC[C@H](C(=O)NC1CCCCC1)N(Cc1ccccc1Cl)C(=O)CN(c1ccccc1C)S(=O)(=O)c1ccccc1. The lowest BCUT2D eigenvalue weighted by atomic mass is 9.95. The highest BCUT2D eigenvalue weighted by Gasteiger charge is 2.35. The van der Waals surface area contributed by atoms with Gasteiger partial charge in [-0.3, -0.25) is 13.9 Å². The molecule has 1 fully saturated rings. The molecule has 9 heteroatoms. The van der Waals surface area contributed by atoms with E-state index in [1.807, 2.05) is 25.1 Å². The number of nitrogens with one attached hydrogen (secondary N) is 1. The van der Waals surface area contributed by atoms with E-state index < -0.39 is 28.5 Å². The molecule has 0 aromatic heterocycles. The fraction of sp³-hybridized carbons (Fsp3) is 0.375. The van der Waals surface area contributed by atoms with Crippen LogP contribution in [0, 0.1) is 6.92 Å². The van der Waals surface area contributed by atoms with E-state index in [1.165, 1.54) is 17.0 Å². The number of nitrogens with zero attached hydrogens (tertiary/aromatic N) is 2. The maximum absolute atomic E-state index is 14.2. The molecule has 1 atom stereocenters. The van der Waals surface area contributed by atoms with Crippen LogP contribution in [0.4, 0.5) is 5.69 Å². The third kappa shape index (κ3) is 7.49. The van der Waals surface area contributed by atoms with Crippen molar-refractivity contribution in [1.29, 1.82) is 0 Å². The minimum Gasteiger partial charge on any atom is -0.352 e. The lowest BCUT2D eigenvalue weighted by Gasteiger charge is -2.35. The summed E-state index contributed by atoms with van der Waals surface area (Å²) in [5, 5.41) is 3.63. The number of halogens is 1. The van der Waals surface area contributed by atoms with Crippen LogP contribution in [0.25, 0.3) is 0 Å². The molecule has 7 nitrogen and oxygen atoms in total. The molecule has 0 unspecified atom stereocenters. The fourth-order valence-corrected chi connectivity index (χ4v) is 7.05. The van der Waals surface area contributed by atoms with Gasteiger partial charge in [-0.05, 0) is 61.6 Å². The highest BCUT2D eigenvalue weighted by atomic mass is 35.5. The van der Waals surface area contributed by atoms with Crippen molar-refractivity contribution >= 4 is 39.1 Å². The first kappa shape index (κ1) is 30.6. The highest BCUT2D eigenvalue weighted by molar-refractivity contribution is 7.92. The van der Waals surface area contributed by atoms with Crippen molar-refractivity contribution < 1.29 is 18.0 Å². The number of rotatable bonds is 11. The first-order valence-electron chi connectivity index (χ1n) is 14.2. The van der Waals surface area contributed by atoms with Crippen LogP contribution >= 0.6 is 11.6 Å². The molecule has 0 aliphatic heterocycles. The van der Waals surface area contributed by atoms with Crippen LogP contribution in [-0.4, -0.2) is 43.8 Å². The molecule has 2 amide bonds. The van der Waals surface area contributed by atoms with Crippen molar-refractivity contribution in [2.75, 3.05) is 10.8 Å². The fourth-order valence-electron chi connectivity index (χ4n) is 5.35. The molecule has 218 valence electrons. The quantitative estimate of drug-likeness (QED) is 0.290. The number of sulfonamides is 1. The summed E-state index contributed by atoms with van der Waals surface area (Å²) in [5.74, 6) is -0.716. The number of amides is 2. The van der Waals surface area contributed by atoms with Gasteiger partial charge in [-0.25, -0.2) is 8.42 Å². The zero-order valence-electron chi connectivity index (χ0n) is 23.6. The van der Waals surface area contributed by atoms with Gasteiger partial charge in [0.15, 0.2) is 0 Å². The summed E-state index contributed by atoms with van der Waals surface area (Å²) in [6, 6.07) is 21.6. The molecule has 3 aromatic rings. The highest BCUT2D eigenvalue weighted by Crippen LogP contribution is 2.28. The van der Waals surface area contributed by atoms with Crippen LogP contribution in [0.3, 0.4) is 0 Å². The molecular weight excluding hydrogens is 558 g/mol. The Kier molecular flexibility index (Phi) is 10.5. The van der Waals surface area contributed by atoms with Gasteiger partial charge >= 0.3 is 0 Å². The van der Waals surface area contributed by atoms with Crippen LogP contribution in [0.1, 0.15) is 56.6 Å². The van der Waals surface area contributed by atoms with E-state index in [4.69, 9.17) is 11.6 Å². The van der Waals surface area contributed by atoms with Crippen LogP contribution in [0.2, 0.25) is 5.02 Å². The maximum atomic E-state index is 14.2. The lowest BCUT2D eigenvalue weighted by molar-refractivity contribution is -0.140. The molecule has 0 spiro atoms. The number of benzene rings is 3. The predicted molar refractivity (Wildman–Crippen MR) is 163 cm³/mol. The molecule has 0 radical (unpaired) electrons. The Hall–Kier alpha value is -3.36. The van der Waals surface area contributed by atoms with Gasteiger partial charge < -0.3 is 10.2 Å². The number of aryl methyl sites for hydroxylation is 1. The molecule has 0 bridgehead atoms. The Labute approximate surface area is 248 Å². The summed E-state index contributed by atoms with van der Waals surface area (Å²) >= 11 is 6.49. The topological polar surface area (TPSA) is 86.8 Å². The van der Waals surface area contributed by atoms with Gasteiger partial charge in [0.2, 0.25) is 11.8 Å². The number of anilines is 1. The Balaban J connectivity index is 1.71.